The number of phenolic OH excluding ortho intramolecular Hbond substituents is 1. The summed E-state index contributed by atoms with van der Waals surface area (Å²) in [6, 6.07) is 5.01. The molecular weight excluding hydrogens is 186 g/mol. The zero-order valence-electron chi connectivity index (χ0n) is 7.07. The predicted molar refractivity (Wildman–Crippen MR) is 52.1 cm³/mol. The Kier molecular flexibility index (Phi) is 1.92. The van der Waals surface area contributed by atoms with Crippen LogP contribution in [-0.2, 0) is 4.79 Å². The van der Waals surface area contributed by atoms with Crippen molar-refractivity contribution in [1.82, 2.24) is 0 Å². The summed E-state index contributed by atoms with van der Waals surface area (Å²) in [6.45, 7) is 1.81. The zero-order valence-corrected chi connectivity index (χ0v) is 7.89. The molecule has 4 heteroatoms. The lowest BCUT2D eigenvalue weighted by molar-refractivity contribution is -0.111. The summed E-state index contributed by atoms with van der Waals surface area (Å²) in [7, 11) is 0. The minimum atomic E-state index is -0.181. The van der Waals surface area contributed by atoms with E-state index in [0.29, 0.717) is 4.90 Å². The molecular formula is C9H9NO2S. The van der Waals surface area contributed by atoms with Crippen LogP contribution in [0.3, 0.4) is 0 Å². The Morgan fingerprint density at radius 3 is 3.08 bits per heavy atom. The molecule has 3 nitrogen and oxygen atoms in total. The number of carbonyl (C=O) groups is 1. The Hall–Kier alpha value is -1.16. The maximum Gasteiger partial charge on any atom is 0.215 e. The molecule has 13 heavy (non-hydrogen) atoms. The lowest BCUT2D eigenvalue weighted by atomic mass is 10.2. The Morgan fingerprint density at radius 1 is 1.54 bits per heavy atom. The quantitative estimate of drug-likeness (QED) is 0.663. The lowest BCUT2D eigenvalue weighted by Gasteiger charge is -2.22. The largest absolute Gasteiger partial charge is 0.507 e. The second-order valence-corrected chi connectivity index (χ2v) is 3.96. The molecule has 0 radical (unpaired) electrons. The number of hydrogen-bond acceptors (Lipinski definition) is 4. The standard InChI is InChI=1S/C9H9NO2S/c1-5-9(12)13-8-6(10-5)3-2-4-7(8)11/h2-5,10-11H,1H3. The van der Waals surface area contributed by atoms with Gasteiger partial charge in [-0.05, 0) is 30.8 Å². The van der Waals surface area contributed by atoms with Crippen LogP contribution >= 0.6 is 11.8 Å². The van der Waals surface area contributed by atoms with Gasteiger partial charge in [0.2, 0.25) is 5.12 Å². The summed E-state index contributed by atoms with van der Waals surface area (Å²) in [5.74, 6) is 0.162. The number of benzene rings is 1. The van der Waals surface area contributed by atoms with Crippen LogP contribution in [0.5, 0.6) is 5.75 Å². The first-order valence-corrected chi connectivity index (χ1v) is 4.80. The van der Waals surface area contributed by atoms with Gasteiger partial charge in [-0.2, -0.15) is 0 Å². The van der Waals surface area contributed by atoms with Crippen LogP contribution in [0.25, 0.3) is 0 Å². The van der Waals surface area contributed by atoms with Crippen molar-refractivity contribution < 1.29 is 9.90 Å². The van der Waals surface area contributed by atoms with E-state index in [1.807, 2.05) is 13.0 Å². The monoisotopic (exact) mass is 195 g/mol. The van der Waals surface area contributed by atoms with Crippen LogP contribution in [0.4, 0.5) is 5.69 Å². The van der Waals surface area contributed by atoms with Crippen LogP contribution in [0.15, 0.2) is 23.1 Å². The molecule has 1 aromatic rings. The molecule has 1 aliphatic rings. The molecule has 0 fully saturated rings. The number of hydrogen-bond donors (Lipinski definition) is 2. The molecule has 1 aliphatic heterocycles. The maximum atomic E-state index is 11.3. The maximum absolute atomic E-state index is 11.3. The number of anilines is 1. The number of phenols is 1. The van der Waals surface area contributed by atoms with Crippen molar-refractivity contribution in [2.75, 3.05) is 5.32 Å². The van der Waals surface area contributed by atoms with Gasteiger partial charge in [0.25, 0.3) is 0 Å². The summed E-state index contributed by atoms with van der Waals surface area (Å²) in [4.78, 5) is 11.9. The molecule has 0 spiro atoms. The molecule has 1 atom stereocenters. The Morgan fingerprint density at radius 2 is 2.31 bits per heavy atom. The number of aromatic hydroxyl groups is 1. The van der Waals surface area contributed by atoms with Gasteiger partial charge in [-0.15, -0.1) is 0 Å². The molecule has 1 unspecified atom stereocenters. The highest BCUT2D eigenvalue weighted by Gasteiger charge is 2.24. The zero-order chi connectivity index (χ0) is 9.42. The van der Waals surface area contributed by atoms with Crippen molar-refractivity contribution in [1.29, 1.82) is 0 Å². The fourth-order valence-corrected chi connectivity index (χ4v) is 2.07. The predicted octanol–water partition coefficient (Wildman–Crippen LogP) is 1.82. The van der Waals surface area contributed by atoms with E-state index in [4.69, 9.17) is 0 Å². The van der Waals surface area contributed by atoms with E-state index in [2.05, 4.69) is 5.32 Å². The van der Waals surface area contributed by atoms with Crippen LogP contribution in [0.2, 0.25) is 0 Å². The minimum absolute atomic E-state index is 0.0361. The van der Waals surface area contributed by atoms with Gasteiger partial charge in [-0.25, -0.2) is 0 Å². The molecule has 2 N–H and O–H groups in total. The molecule has 0 saturated heterocycles. The fourth-order valence-electron chi connectivity index (χ4n) is 1.23. The Bertz CT molecular complexity index is 365. The SMILES string of the molecule is CC1Nc2cccc(O)c2SC1=O. The first-order valence-electron chi connectivity index (χ1n) is 3.98. The van der Waals surface area contributed by atoms with Gasteiger partial charge in [-0.3, -0.25) is 4.79 Å². The van der Waals surface area contributed by atoms with E-state index in [1.165, 1.54) is 0 Å². The lowest BCUT2D eigenvalue weighted by Crippen LogP contribution is -2.27. The highest BCUT2D eigenvalue weighted by molar-refractivity contribution is 8.14. The molecule has 0 bridgehead atoms. The van der Waals surface area contributed by atoms with E-state index in [-0.39, 0.29) is 16.9 Å². The third-order valence-corrected chi connectivity index (χ3v) is 3.11. The Balaban J connectivity index is 2.48. The van der Waals surface area contributed by atoms with Crippen LogP contribution < -0.4 is 5.32 Å². The van der Waals surface area contributed by atoms with Crippen LogP contribution in [0, 0.1) is 0 Å². The summed E-state index contributed by atoms with van der Waals surface area (Å²) in [5, 5.41) is 12.5. The first-order chi connectivity index (χ1) is 6.18. The van der Waals surface area contributed by atoms with Gasteiger partial charge >= 0.3 is 0 Å². The average Bonchev–Trinajstić information content (AvgIpc) is 2.09. The normalized spacial score (nSPS) is 20.7. The van der Waals surface area contributed by atoms with Crippen LogP contribution in [-0.4, -0.2) is 16.3 Å². The van der Waals surface area contributed by atoms with Crippen molar-refractivity contribution in [3.8, 4) is 5.75 Å². The van der Waals surface area contributed by atoms with Crippen LogP contribution in [0.1, 0.15) is 6.92 Å². The summed E-state index contributed by atoms with van der Waals surface area (Å²) in [6.07, 6.45) is 0. The van der Waals surface area contributed by atoms with Gasteiger partial charge in [0.15, 0.2) is 0 Å². The summed E-state index contributed by atoms with van der Waals surface area (Å²) in [5.41, 5.74) is 0.831. The van der Waals surface area contributed by atoms with Gasteiger partial charge in [-0.1, -0.05) is 6.07 Å². The van der Waals surface area contributed by atoms with Crippen molar-refractivity contribution in [3.63, 3.8) is 0 Å². The van der Waals surface area contributed by atoms with Gasteiger partial charge in [0.1, 0.15) is 5.75 Å². The highest BCUT2D eigenvalue weighted by Crippen LogP contribution is 2.39. The van der Waals surface area contributed by atoms with Gasteiger partial charge in [0.05, 0.1) is 16.6 Å². The molecule has 1 heterocycles. The smallest absolute Gasteiger partial charge is 0.215 e. The molecule has 0 aromatic heterocycles. The minimum Gasteiger partial charge on any atom is -0.507 e. The number of fused-ring (bicyclic) bond motifs is 1. The molecule has 2 rings (SSSR count). The molecule has 0 aliphatic carbocycles. The third kappa shape index (κ3) is 1.37. The van der Waals surface area contributed by atoms with E-state index in [0.717, 1.165) is 17.4 Å². The van der Waals surface area contributed by atoms with Crippen molar-refractivity contribution in [3.05, 3.63) is 18.2 Å². The Labute approximate surface area is 80.1 Å². The first kappa shape index (κ1) is 8.44. The number of thioether (sulfide) groups is 1. The second kappa shape index (κ2) is 2.96. The summed E-state index contributed by atoms with van der Waals surface area (Å²) < 4.78 is 0. The van der Waals surface area contributed by atoms with Gasteiger partial charge < -0.3 is 10.4 Å². The van der Waals surface area contributed by atoms with Crippen molar-refractivity contribution >= 4 is 22.6 Å². The average molecular weight is 195 g/mol. The molecule has 68 valence electrons. The van der Waals surface area contributed by atoms with E-state index >= 15 is 0 Å². The molecule has 0 amide bonds. The van der Waals surface area contributed by atoms with E-state index in [9.17, 15) is 9.90 Å². The number of rotatable bonds is 0. The number of nitrogens with one attached hydrogen (secondary N) is 1. The van der Waals surface area contributed by atoms with E-state index < -0.39 is 0 Å². The topological polar surface area (TPSA) is 49.3 Å². The third-order valence-electron chi connectivity index (χ3n) is 1.92. The molecule has 1 aromatic carbocycles. The second-order valence-electron chi connectivity index (χ2n) is 2.94. The van der Waals surface area contributed by atoms with E-state index in [1.54, 1.807) is 12.1 Å². The van der Waals surface area contributed by atoms with Gasteiger partial charge in [0, 0.05) is 0 Å². The molecule has 0 saturated carbocycles. The summed E-state index contributed by atoms with van der Waals surface area (Å²) >= 11 is 1.10. The highest BCUT2D eigenvalue weighted by atomic mass is 32.2. The van der Waals surface area contributed by atoms with Crippen molar-refractivity contribution in [2.45, 2.75) is 17.9 Å². The van der Waals surface area contributed by atoms with Crippen molar-refractivity contribution in [2.24, 2.45) is 0 Å². The fraction of sp³-hybridized carbons (Fsp3) is 0.222. The number of carbonyl (C=O) groups excluding carboxylic acids is 1.